The molecule has 0 spiro atoms. The molecule has 2 N–H and O–H groups in total. The first-order valence-corrected chi connectivity index (χ1v) is 10.4. The van der Waals surface area contributed by atoms with Crippen LogP contribution in [0.15, 0.2) is 35.7 Å². The SMILES string of the molecule is CC(=O)Nc1nc(C(=O)Nc2nc3c(s2)C[C@@H](c2ccccc2)CC3)cs1. The van der Waals surface area contributed by atoms with Gasteiger partial charge >= 0.3 is 0 Å². The minimum absolute atomic E-state index is 0.211. The quantitative estimate of drug-likeness (QED) is 0.693. The maximum Gasteiger partial charge on any atom is 0.276 e. The van der Waals surface area contributed by atoms with E-state index in [1.54, 1.807) is 5.38 Å². The molecular formula is C19H18N4O2S2. The Morgan fingerprint density at radius 2 is 1.93 bits per heavy atom. The Labute approximate surface area is 164 Å². The van der Waals surface area contributed by atoms with Crippen molar-refractivity contribution in [3.05, 3.63) is 57.5 Å². The molecule has 6 nitrogen and oxygen atoms in total. The van der Waals surface area contributed by atoms with Crippen LogP contribution in [-0.4, -0.2) is 21.8 Å². The minimum Gasteiger partial charge on any atom is -0.302 e. The second-order valence-electron chi connectivity index (χ2n) is 6.41. The van der Waals surface area contributed by atoms with E-state index < -0.39 is 0 Å². The normalized spacial score (nSPS) is 15.8. The molecular weight excluding hydrogens is 380 g/mol. The van der Waals surface area contributed by atoms with Crippen LogP contribution in [0, 0.1) is 0 Å². The summed E-state index contributed by atoms with van der Waals surface area (Å²) < 4.78 is 0. The highest BCUT2D eigenvalue weighted by Gasteiger charge is 2.24. The summed E-state index contributed by atoms with van der Waals surface area (Å²) in [5.41, 5.74) is 2.72. The molecule has 4 rings (SSSR count). The van der Waals surface area contributed by atoms with Gasteiger partial charge in [-0.1, -0.05) is 30.3 Å². The summed E-state index contributed by atoms with van der Waals surface area (Å²) in [6, 6.07) is 10.5. The lowest BCUT2D eigenvalue weighted by Gasteiger charge is -2.21. The number of nitrogens with zero attached hydrogens (tertiary/aromatic N) is 2. The molecule has 8 heteroatoms. The average molecular weight is 399 g/mol. The number of fused-ring (bicyclic) bond motifs is 1. The lowest BCUT2D eigenvalue weighted by Crippen LogP contribution is -2.13. The zero-order valence-corrected chi connectivity index (χ0v) is 16.3. The molecule has 0 unspecified atom stereocenters. The summed E-state index contributed by atoms with van der Waals surface area (Å²) in [5, 5.41) is 8.06. The summed E-state index contributed by atoms with van der Waals surface area (Å²) >= 11 is 2.76. The summed E-state index contributed by atoms with van der Waals surface area (Å²) in [6.07, 6.45) is 2.95. The molecule has 1 aromatic carbocycles. The van der Waals surface area contributed by atoms with Gasteiger partial charge in [0.05, 0.1) is 5.69 Å². The van der Waals surface area contributed by atoms with Crippen LogP contribution in [0.1, 0.15) is 45.9 Å². The second kappa shape index (κ2) is 7.58. The van der Waals surface area contributed by atoms with Crippen LogP contribution in [-0.2, 0) is 17.6 Å². The van der Waals surface area contributed by atoms with E-state index in [1.165, 1.54) is 40.0 Å². The molecule has 0 saturated heterocycles. The lowest BCUT2D eigenvalue weighted by atomic mass is 9.85. The highest BCUT2D eigenvalue weighted by molar-refractivity contribution is 7.16. The van der Waals surface area contributed by atoms with Crippen molar-refractivity contribution in [1.29, 1.82) is 0 Å². The molecule has 0 fully saturated rings. The Hall–Kier alpha value is -2.58. The molecule has 2 heterocycles. The van der Waals surface area contributed by atoms with Crippen molar-refractivity contribution in [1.82, 2.24) is 9.97 Å². The van der Waals surface area contributed by atoms with Crippen LogP contribution in [0.3, 0.4) is 0 Å². The van der Waals surface area contributed by atoms with Gasteiger partial charge in [-0.05, 0) is 30.7 Å². The Morgan fingerprint density at radius 3 is 2.70 bits per heavy atom. The van der Waals surface area contributed by atoms with Crippen LogP contribution in [0.5, 0.6) is 0 Å². The third-order valence-corrected chi connectivity index (χ3v) is 6.24. The summed E-state index contributed by atoms with van der Waals surface area (Å²) in [5.74, 6) is -0.0214. The van der Waals surface area contributed by atoms with Crippen molar-refractivity contribution in [2.75, 3.05) is 10.6 Å². The predicted molar refractivity (Wildman–Crippen MR) is 108 cm³/mol. The van der Waals surface area contributed by atoms with Gasteiger partial charge in [0, 0.05) is 17.2 Å². The number of thiazole rings is 2. The van der Waals surface area contributed by atoms with E-state index in [0.717, 1.165) is 25.0 Å². The standard InChI is InChI=1S/C19H18N4O2S2/c1-11(24)20-18-22-15(10-26-18)17(25)23-19-21-14-8-7-13(9-16(14)27-19)12-5-3-2-4-6-12/h2-6,10,13H,7-9H2,1H3,(H,20,22,24)(H,21,23,25)/t13-/m0/s1. The number of aromatic nitrogens is 2. The first-order chi connectivity index (χ1) is 13.1. The van der Waals surface area contributed by atoms with Crippen molar-refractivity contribution in [2.24, 2.45) is 0 Å². The fourth-order valence-electron chi connectivity index (χ4n) is 3.19. The third kappa shape index (κ3) is 4.06. The van der Waals surface area contributed by atoms with Crippen LogP contribution in [0.25, 0.3) is 0 Å². The summed E-state index contributed by atoms with van der Waals surface area (Å²) in [4.78, 5) is 33.4. The van der Waals surface area contributed by atoms with Crippen molar-refractivity contribution in [2.45, 2.75) is 32.1 Å². The van der Waals surface area contributed by atoms with E-state index in [2.05, 4.69) is 44.9 Å². The molecule has 0 radical (unpaired) electrons. The largest absolute Gasteiger partial charge is 0.302 e. The minimum atomic E-state index is -0.312. The molecule has 27 heavy (non-hydrogen) atoms. The highest BCUT2D eigenvalue weighted by Crippen LogP contribution is 2.37. The van der Waals surface area contributed by atoms with Gasteiger partial charge in [-0.2, -0.15) is 0 Å². The van der Waals surface area contributed by atoms with Crippen molar-refractivity contribution in [3.63, 3.8) is 0 Å². The smallest absolute Gasteiger partial charge is 0.276 e. The Balaban J connectivity index is 1.44. The maximum atomic E-state index is 12.4. The van der Waals surface area contributed by atoms with E-state index >= 15 is 0 Å². The monoisotopic (exact) mass is 398 g/mol. The molecule has 0 saturated carbocycles. The van der Waals surface area contributed by atoms with Gasteiger partial charge in [0.25, 0.3) is 5.91 Å². The molecule has 0 aliphatic heterocycles. The first kappa shape index (κ1) is 17.8. The molecule has 0 bridgehead atoms. The maximum absolute atomic E-state index is 12.4. The van der Waals surface area contributed by atoms with Crippen LogP contribution < -0.4 is 10.6 Å². The topological polar surface area (TPSA) is 84.0 Å². The molecule has 1 aliphatic rings. The molecule has 3 aromatic rings. The summed E-state index contributed by atoms with van der Waals surface area (Å²) in [6.45, 7) is 1.41. The fourth-order valence-corrected chi connectivity index (χ4v) is 5.01. The van der Waals surface area contributed by atoms with E-state index in [0.29, 0.717) is 16.2 Å². The van der Waals surface area contributed by atoms with Crippen LogP contribution in [0.4, 0.5) is 10.3 Å². The van der Waals surface area contributed by atoms with Gasteiger partial charge in [0.15, 0.2) is 10.3 Å². The van der Waals surface area contributed by atoms with Crippen LogP contribution in [0.2, 0.25) is 0 Å². The van der Waals surface area contributed by atoms with Gasteiger partial charge in [0.1, 0.15) is 5.69 Å². The molecule has 1 atom stereocenters. The Kier molecular flexibility index (Phi) is 5.00. The molecule has 2 amide bonds. The van der Waals surface area contributed by atoms with Crippen molar-refractivity contribution < 1.29 is 9.59 Å². The number of carbonyl (C=O) groups excluding carboxylic acids is 2. The molecule has 2 aromatic heterocycles. The van der Waals surface area contributed by atoms with E-state index in [4.69, 9.17) is 0 Å². The highest BCUT2D eigenvalue weighted by atomic mass is 32.1. The second-order valence-corrected chi connectivity index (χ2v) is 8.35. The van der Waals surface area contributed by atoms with E-state index in [9.17, 15) is 9.59 Å². The van der Waals surface area contributed by atoms with E-state index in [-0.39, 0.29) is 17.5 Å². The van der Waals surface area contributed by atoms with Crippen LogP contribution >= 0.6 is 22.7 Å². The number of carbonyl (C=O) groups is 2. The fraction of sp³-hybridized carbons (Fsp3) is 0.263. The van der Waals surface area contributed by atoms with E-state index in [1.807, 2.05) is 6.07 Å². The number of aryl methyl sites for hydroxylation is 1. The number of nitrogens with one attached hydrogen (secondary N) is 2. The molecule has 1 aliphatic carbocycles. The predicted octanol–water partition coefficient (Wildman–Crippen LogP) is 4.08. The van der Waals surface area contributed by atoms with Gasteiger partial charge in [-0.25, -0.2) is 9.97 Å². The first-order valence-electron chi connectivity index (χ1n) is 8.66. The zero-order chi connectivity index (χ0) is 18.8. The molecule has 138 valence electrons. The Bertz CT molecular complexity index is 981. The summed E-state index contributed by atoms with van der Waals surface area (Å²) in [7, 11) is 0. The third-order valence-electron chi connectivity index (χ3n) is 4.45. The van der Waals surface area contributed by atoms with Gasteiger partial charge in [0.2, 0.25) is 5.91 Å². The van der Waals surface area contributed by atoms with Crippen molar-refractivity contribution in [3.8, 4) is 0 Å². The Morgan fingerprint density at radius 1 is 1.11 bits per heavy atom. The van der Waals surface area contributed by atoms with Gasteiger partial charge < -0.3 is 5.32 Å². The number of amides is 2. The number of rotatable bonds is 4. The van der Waals surface area contributed by atoms with Crippen molar-refractivity contribution >= 4 is 44.8 Å². The number of anilines is 2. The van der Waals surface area contributed by atoms with Gasteiger partial charge in [-0.15, -0.1) is 22.7 Å². The zero-order valence-electron chi connectivity index (χ0n) is 14.7. The average Bonchev–Trinajstić information content (AvgIpc) is 3.27. The lowest BCUT2D eigenvalue weighted by molar-refractivity contribution is -0.114. The van der Waals surface area contributed by atoms with Gasteiger partial charge in [-0.3, -0.25) is 14.9 Å². The number of hydrogen-bond acceptors (Lipinski definition) is 6. The number of benzene rings is 1. The number of hydrogen-bond donors (Lipinski definition) is 2.